The van der Waals surface area contributed by atoms with Gasteiger partial charge in [0, 0.05) is 0 Å². The molecule has 0 heterocycles. The summed E-state index contributed by atoms with van der Waals surface area (Å²) in [5.41, 5.74) is 3.81. The van der Waals surface area contributed by atoms with Crippen molar-refractivity contribution in [3.8, 4) is 0 Å². The average molecular weight is 383 g/mol. The second-order valence-electron chi connectivity index (χ2n) is 12.6. The summed E-state index contributed by atoms with van der Waals surface area (Å²) in [6.45, 7) is 12.4. The molecule has 5 rings (SSSR count). The predicted molar refractivity (Wildman–Crippen MR) is 120 cm³/mol. The molecule has 0 aromatic carbocycles. The van der Waals surface area contributed by atoms with Gasteiger partial charge in [-0.05, 0) is 104 Å². The van der Waals surface area contributed by atoms with Crippen LogP contribution in [0.5, 0.6) is 0 Å². The van der Waals surface area contributed by atoms with Gasteiger partial charge in [-0.1, -0.05) is 71.4 Å². The number of hydrogen-bond acceptors (Lipinski definition) is 0. The second kappa shape index (κ2) is 6.88. The van der Waals surface area contributed by atoms with Crippen molar-refractivity contribution in [1.82, 2.24) is 0 Å². The summed E-state index contributed by atoms with van der Waals surface area (Å²) in [5, 5.41) is 0. The molecule has 5 aliphatic carbocycles. The summed E-state index contributed by atoms with van der Waals surface area (Å²) >= 11 is 0. The number of rotatable bonds is 6. The topological polar surface area (TPSA) is 0 Å². The minimum absolute atomic E-state index is 0.591. The largest absolute Gasteiger partial charge is 0.0995 e. The summed E-state index contributed by atoms with van der Waals surface area (Å²) in [5.74, 6) is 4.93. The monoisotopic (exact) mass is 382 g/mol. The van der Waals surface area contributed by atoms with Crippen LogP contribution in [0, 0.1) is 45.8 Å². The van der Waals surface area contributed by atoms with E-state index in [2.05, 4.69) is 20.8 Å². The van der Waals surface area contributed by atoms with Crippen molar-refractivity contribution < 1.29 is 0 Å². The van der Waals surface area contributed by atoms with Gasteiger partial charge >= 0.3 is 0 Å². The first-order chi connectivity index (χ1) is 13.4. The van der Waals surface area contributed by atoms with E-state index in [1.807, 2.05) is 0 Å². The van der Waals surface area contributed by atoms with Crippen LogP contribution in [0.2, 0.25) is 0 Å². The first-order valence-electron chi connectivity index (χ1n) is 13.1. The maximum absolute atomic E-state index is 4.76. The van der Waals surface area contributed by atoms with Crippen molar-refractivity contribution in [2.45, 2.75) is 117 Å². The highest BCUT2D eigenvalue weighted by Gasteiger charge is 2.74. The Morgan fingerprint density at radius 3 is 2.50 bits per heavy atom. The van der Waals surface area contributed by atoms with Gasteiger partial charge in [-0.25, -0.2) is 0 Å². The fourth-order valence-electron chi connectivity index (χ4n) is 9.76. The standard InChI is InChI=1S/C28H46/c1-5-6-7-8-9-10-21-11-15-27(4)23-13-16-28-19-26(28,3)14-12-24(28)22(23)17-20(2)25(27)18-21/h21-25H,2,5-19H2,1,3-4H3. The van der Waals surface area contributed by atoms with E-state index in [1.54, 1.807) is 31.3 Å². The van der Waals surface area contributed by atoms with E-state index >= 15 is 0 Å². The lowest BCUT2D eigenvalue weighted by Crippen LogP contribution is -2.52. The molecule has 0 bridgehead atoms. The second-order valence-corrected chi connectivity index (χ2v) is 12.6. The van der Waals surface area contributed by atoms with Crippen molar-refractivity contribution in [3.05, 3.63) is 12.2 Å². The molecule has 0 aliphatic heterocycles. The Kier molecular flexibility index (Phi) is 4.84. The zero-order valence-electron chi connectivity index (χ0n) is 19.2. The Labute approximate surface area is 175 Å². The van der Waals surface area contributed by atoms with E-state index in [1.165, 1.54) is 70.6 Å². The Bertz CT molecular complexity index is 618. The van der Waals surface area contributed by atoms with Gasteiger partial charge in [0.2, 0.25) is 0 Å². The van der Waals surface area contributed by atoms with Crippen molar-refractivity contribution in [1.29, 1.82) is 0 Å². The predicted octanol–water partition coefficient (Wildman–Crippen LogP) is 8.56. The van der Waals surface area contributed by atoms with Gasteiger partial charge in [-0.15, -0.1) is 0 Å². The lowest BCUT2D eigenvalue weighted by atomic mass is 9.44. The van der Waals surface area contributed by atoms with Crippen molar-refractivity contribution >= 4 is 0 Å². The van der Waals surface area contributed by atoms with Crippen molar-refractivity contribution in [2.24, 2.45) is 45.8 Å². The van der Waals surface area contributed by atoms with Crippen LogP contribution in [0.15, 0.2) is 12.2 Å². The lowest BCUT2D eigenvalue weighted by molar-refractivity contribution is -0.0776. The third-order valence-electron chi connectivity index (χ3n) is 11.4. The van der Waals surface area contributed by atoms with Gasteiger partial charge in [0.15, 0.2) is 0 Å². The lowest BCUT2D eigenvalue weighted by Gasteiger charge is -2.60. The first-order valence-corrected chi connectivity index (χ1v) is 13.1. The van der Waals surface area contributed by atoms with E-state index in [-0.39, 0.29) is 0 Å². The Morgan fingerprint density at radius 2 is 1.71 bits per heavy atom. The number of fused-ring (bicyclic) bond motifs is 4. The molecule has 0 amide bonds. The van der Waals surface area contributed by atoms with Crippen LogP contribution in [-0.4, -0.2) is 0 Å². The Morgan fingerprint density at radius 1 is 0.929 bits per heavy atom. The van der Waals surface area contributed by atoms with Crippen LogP contribution in [0.1, 0.15) is 117 Å². The molecule has 0 nitrogen and oxygen atoms in total. The summed E-state index contributed by atoms with van der Waals surface area (Å²) in [7, 11) is 0. The molecule has 5 aliphatic rings. The van der Waals surface area contributed by atoms with Crippen LogP contribution in [0.3, 0.4) is 0 Å². The molecule has 158 valence electrons. The van der Waals surface area contributed by atoms with E-state index < -0.39 is 0 Å². The SMILES string of the molecule is C=C1CC2C(CCC34CC3(C)CCC24)C2(C)CCC(CCCCCCC)CC12. The summed E-state index contributed by atoms with van der Waals surface area (Å²) in [6, 6.07) is 0. The number of unbranched alkanes of at least 4 members (excludes halogenated alkanes) is 4. The zero-order valence-corrected chi connectivity index (χ0v) is 19.2. The Balaban J connectivity index is 1.25. The fourth-order valence-corrected chi connectivity index (χ4v) is 9.76. The molecular weight excluding hydrogens is 336 g/mol. The highest BCUT2D eigenvalue weighted by molar-refractivity contribution is 5.26. The van der Waals surface area contributed by atoms with E-state index in [4.69, 9.17) is 6.58 Å². The summed E-state index contributed by atoms with van der Waals surface area (Å²) < 4.78 is 0. The summed E-state index contributed by atoms with van der Waals surface area (Å²) in [6.07, 6.45) is 22.4. The molecule has 0 radical (unpaired) electrons. The van der Waals surface area contributed by atoms with Gasteiger partial charge < -0.3 is 0 Å². The molecule has 8 atom stereocenters. The van der Waals surface area contributed by atoms with Crippen molar-refractivity contribution in [3.63, 3.8) is 0 Å². The van der Waals surface area contributed by atoms with Crippen molar-refractivity contribution in [2.75, 3.05) is 0 Å². The Hall–Kier alpha value is -0.260. The fraction of sp³-hybridized carbons (Fsp3) is 0.929. The average Bonchev–Trinajstić information content (AvgIpc) is 3.14. The summed E-state index contributed by atoms with van der Waals surface area (Å²) in [4.78, 5) is 0. The molecule has 0 aromatic heterocycles. The molecule has 0 N–H and O–H groups in total. The molecule has 1 spiro atoms. The molecule has 5 fully saturated rings. The van der Waals surface area contributed by atoms with Gasteiger partial charge in [0.1, 0.15) is 0 Å². The zero-order chi connectivity index (χ0) is 19.6. The molecule has 28 heavy (non-hydrogen) atoms. The number of allylic oxidation sites excluding steroid dienone is 1. The maximum Gasteiger partial charge on any atom is -0.0146 e. The normalized spacial score (nSPS) is 51.8. The van der Waals surface area contributed by atoms with Crippen LogP contribution < -0.4 is 0 Å². The van der Waals surface area contributed by atoms with E-state index in [9.17, 15) is 0 Å². The van der Waals surface area contributed by atoms with E-state index in [0.29, 0.717) is 5.41 Å². The molecule has 0 saturated heterocycles. The quantitative estimate of drug-likeness (QED) is 0.319. The molecule has 0 heteroatoms. The third kappa shape index (κ3) is 2.75. The van der Waals surface area contributed by atoms with Gasteiger partial charge in [-0.2, -0.15) is 0 Å². The first kappa shape index (κ1) is 19.7. The third-order valence-corrected chi connectivity index (χ3v) is 11.4. The maximum atomic E-state index is 4.76. The number of hydrogen-bond donors (Lipinski definition) is 0. The molecular formula is C28H46. The van der Waals surface area contributed by atoms with Crippen LogP contribution in [-0.2, 0) is 0 Å². The van der Waals surface area contributed by atoms with Crippen LogP contribution in [0.25, 0.3) is 0 Å². The molecule has 8 unspecified atom stereocenters. The smallest absolute Gasteiger partial charge is 0.0146 e. The van der Waals surface area contributed by atoms with E-state index in [0.717, 1.165) is 40.4 Å². The minimum Gasteiger partial charge on any atom is -0.0995 e. The van der Waals surface area contributed by atoms with Gasteiger partial charge in [0.25, 0.3) is 0 Å². The van der Waals surface area contributed by atoms with Crippen LogP contribution in [0.4, 0.5) is 0 Å². The molecule has 5 saturated carbocycles. The van der Waals surface area contributed by atoms with Gasteiger partial charge in [0.05, 0.1) is 0 Å². The highest BCUT2D eigenvalue weighted by atomic mass is 14.8. The molecule has 0 aromatic rings. The minimum atomic E-state index is 0.591. The highest BCUT2D eigenvalue weighted by Crippen LogP contribution is 2.82. The van der Waals surface area contributed by atoms with Crippen LogP contribution >= 0.6 is 0 Å². The van der Waals surface area contributed by atoms with Gasteiger partial charge in [-0.3, -0.25) is 0 Å².